The minimum atomic E-state index is 0.174. The van der Waals surface area contributed by atoms with E-state index in [1.807, 2.05) is 35.9 Å². The zero-order valence-corrected chi connectivity index (χ0v) is 14.2. The summed E-state index contributed by atoms with van der Waals surface area (Å²) in [7, 11) is 0. The molecule has 1 N–H and O–H groups in total. The normalized spacial score (nSPS) is 21.5. The van der Waals surface area contributed by atoms with E-state index in [2.05, 4.69) is 17.2 Å². The Hall–Kier alpha value is -1.84. The van der Waals surface area contributed by atoms with Gasteiger partial charge < -0.3 is 9.72 Å². The van der Waals surface area contributed by atoms with Gasteiger partial charge in [-0.1, -0.05) is 26.2 Å². The number of carbonyl (C=O) groups is 1. The smallest absolute Gasteiger partial charge is 0.227 e. The first-order valence-corrected chi connectivity index (χ1v) is 8.92. The van der Waals surface area contributed by atoms with E-state index in [-0.39, 0.29) is 11.8 Å². The van der Waals surface area contributed by atoms with Crippen molar-refractivity contribution >= 4 is 17.2 Å². The van der Waals surface area contributed by atoms with E-state index in [0.717, 1.165) is 35.8 Å². The first-order chi connectivity index (χ1) is 11.2. The minimum absolute atomic E-state index is 0.174. The van der Waals surface area contributed by atoms with Crippen LogP contribution in [-0.2, 0) is 4.79 Å². The minimum Gasteiger partial charge on any atom is -0.325 e. The molecular weight excluding hydrogens is 286 g/mol. The maximum atomic E-state index is 12.5. The van der Waals surface area contributed by atoms with Crippen molar-refractivity contribution in [3.05, 3.63) is 30.2 Å². The lowest BCUT2D eigenvalue weighted by Crippen LogP contribution is -2.27. The third-order valence-corrected chi connectivity index (χ3v) is 5.02. The fourth-order valence-corrected chi connectivity index (χ4v) is 3.64. The van der Waals surface area contributed by atoms with Gasteiger partial charge in [-0.15, -0.1) is 0 Å². The van der Waals surface area contributed by atoms with E-state index in [1.165, 1.54) is 32.1 Å². The lowest BCUT2D eigenvalue weighted by molar-refractivity contribution is -0.121. The van der Waals surface area contributed by atoms with E-state index in [1.54, 1.807) is 0 Å². The van der Waals surface area contributed by atoms with Crippen molar-refractivity contribution in [2.75, 3.05) is 5.32 Å². The Bertz CT molecular complexity index is 668. The van der Waals surface area contributed by atoms with Crippen LogP contribution in [0.3, 0.4) is 0 Å². The number of amides is 1. The van der Waals surface area contributed by atoms with Crippen LogP contribution in [0.1, 0.15) is 57.6 Å². The summed E-state index contributed by atoms with van der Waals surface area (Å²) in [6.45, 7) is 4.22. The summed E-state index contributed by atoms with van der Waals surface area (Å²) in [5.41, 5.74) is 2.75. The van der Waals surface area contributed by atoms with E-state index < -0.39 is 0 Å². The van der Waals surface area contributed by atoms with Crippen molar-refractivity contribution in [2.24, 2.45) is 11.8 Å². The largest absolute Gasteiger partial charge is 0.325 e. The molecule has 124 valence electrons. The topological polar surface area (TPSA) is 46.4 Å². The molecule has 0 unspecified atom stereocenters. The van der Waals surface area contributed by atoms with E-state index in [4.69, 9.17) is 0 Å². The number of pyridine rings is 1. The van der Waals surface area contributed by atoms with Crippen molar-refractivity contribution in [3.63, 3.8) is 0 Å². The molecule has 4 heteroatoms. The molecule has 1 amide bonds. The number of nitrogens with one attached hydrogen (secondary N) is 1. The van der Waals surface area contributed by atoms with Gasteiger partial charge in [-0.25, -0.2) is 4.98 Å². The predicted octanol–water partition coefficient (Wildman–Crippen LogP) is 4.58. The lowest BCUT2D eigenvalue weighted by atomic mass is 9.79. The Morgan fingerprint density at radius 1 is 1.26 bits per heavy atom. The van der Waals surface area contributed by atoms with Gasteiger partial charge in [0.1, 0.15) is 5.65 Å². The molecule has 0 atom stereocenters. The Morgan fingerprint density at radius 3 is 2.78 bits per heavy atom. The third kappa shape index (κ3) is 3.92. The number of hydrogen-bond acceptors (Lipinski definition) is 2. The molecule has 23 heavy (non-hydrogen) atoms. The quantitative estimate of drug-likeness (QED) is 0.878. The van der Waals surface area contributed by atoms with Gasteiger partial charge >= 0.3 is 0 Å². The highest BCUT2D eigenvalue weighted by Crippen LogP contribution is 2.32. The van der Waals surface area contributed by atoms with Crippen LogP contribution in [0.5, 0.6) is 0 Å². The molecule has 1 aliphatic carbocycles. The Kier molecular flexibility index (Phi) is 4.99. The van der Waals surface area contributed by atoms with Crippen LogP contribution >= 0.6 is 0 Å². The number of rotatable bonds is 5. The Balaban J connectivity index is 1.56. The molecular formula is C19H27N3O. The summed E-state index contributed by atoms with van der Waals surface area (Å²) < 4.78 is 1.96. The average molecular weight is 313 g/mol. The number of nitrogens with zero attached hydrogens (tertiary/aromatic N) is 2. The molecule has 0 radical (unpaired) electrons. The number of unbranched alkanes of at least 4 members (excludes halogenated alkanes) is 1. The van der Waals surface area contributed by atoms with Crippen molar-refractivity contribution < 1.29 is 4.79 Å². The second-order valence-corrected chi connectivity index (χ2v) is 6.91. The lowest BCUT2D eigenvalue weighted by Gasteiger charge is -2.27. The molecule has 0 spiro atoms. The molecule has 0 saturated heterocycles. The number of carbonyl (C=O) groups excluding carboxylic acids is 1. The molecule has 1 fully saturated rings. The van der Waals surface area contributed by atoms with E-state index in [9.17, 15) is 4.79 Å². The molecule has 1 saturated carbocycles. The van der Waals surface area contributed by atoms with Gasteiger partial charge in [0.05, 0.1) is 11.4 Å². The van der Waals surface area contributed by atoms with Crippen molar-refractivity contribution in [3.8, 4) is 0 Å². The van der Waals surface area contributed by atoms with E-state index >= 15 is 0 Å². The maximum absolute atomic E-state index is 12.5. The first-order valence-electron chi connectivity index (χ1n) is 8.92. The highest BCUT2D eigenvalue weighted by atomic mass is 16.1. The second kappa shape index (κ2) is 7.16. The summed E-state index contributed by atoms with van der Waals surface area (Å²) in [5, 5.41) is 3.08. The van der Waals surface area contributed by atoms with Gasteiger partial charge in [-0.2, -0.15) is 0 Å². The molecule has 0 bridgehead atoms. The van der Waals surface area contributed by atoms with Crippen LogP contribution in [0.15, 0.2) is 24.5 Å². The number of aryl methyl sites for hydroxylation is 1. The van der Waals surface area contributed by atoms with Crippen LogP contribution in [-0.4, -0.2) is 15.3 Å². The summed E-state index contributed by atoms with van der Waals surface area (Å²) in [4.78, 5) is 16.9. The zero-order valence-electron chi connectivity index (χ0n) is 14.2. The molecule has 0 aromatic carbocycles. The zero-order chi connectivity index (χ0) is 16.2. The highest BCUT2D eigenvalue weighted by molar-refractivity contribution is 5.92. The van der Waals surface area contributed by atoms with Gasteiger partial charge in [0.2, 0.25) is 5.91 Å². The molecule has 0 aliphatic heterocycles. The van der Waals surface area contributed by atoms with Crippen LogP contribution in [0, 0.1) is 18.8 Å². The van der Waals surface area contributed by atoms with Crippen LogP contribution in [0.25, 0.3) is 5.65 Å². The van der Waals surface area contributed by atoms with Crippen molar-refractivity contribution in [1.82, 2.24) is 9.38 Å². The molecule has 2 aromatic heterocycles. The van der Waals surface area contributed by atoms with Gasteiger partial charge in [0.25, 0.3) is 0 Å². The van der Waals surface area contributed by atoms with Crippen LogP contribution in [0.2, 0.25) is 0 Å². The summed E-state index contributed by atoms with van der Waals surface area (Å²) in [5.74, 6) is 1.19. The number of aromatic nitrogens is 2. The SMILES string of the molecule is CCCCC1CCC(C(=O)Nc2ccc3nc(C)cn3c2)CC1. The van der Waals surface area contributed by atoms with Gasteiger partial charge in [-0.3, -0.25) is 4.79 Å². The average Bonchev–Trinajstić information content (AvgIpc) is 2.92. The number of imidazole rings is 1. The first kappa shape index (κ1) is 16.0. The number of hydrogen-bond donors (Lipinski definition) is 1. The highest BCUT2D eigenvalue weighted by Gasteiger charge is 2.26. The molecule has 2 heterocycles. The maximum Gasteiger partial charge on any atom is 0.227 e. The standard InChI is InChI=1S/C19H27N3O/c1-3-4-5-15-6-8-16(9-7-15)19(23)21-17-10-11-18-20-14(2)12-22(18)13-17/h10-13,15-16H,3-9H2,1-2H3,(H,21,23). The molecule has 2 aromatic rings. The summed E-state index contributed by atoms with van der Waals surface area (Å²) >= 11 is 0. The van der Waals surface area contributed by atoms with Crippen molar-refractivity contribution in [2.45, 2.75) is 58.8 Å². The summed E-state index contributed by atoms with van der Waals surface area (Å²) in [6, 6.07) is 3.89. The fourth-order valence-electron chi connectivity index (χ4n) is 3.64. The number of fused-ring (bicyclic) bond motifs is 1. The van der Waals surface area contributed by atoms with E-state index in [0.29, 0.717) is 0 Å². The molecule has 4 nitrogen and oxygen atoms in total. The Morgan fingerprint density at radius 2 is 2.04 bits per heavy atom. The third-order valence-electron chi connectivity index (χ3n) is 5.02. The van der Waals surface area contributed by atoms with Gasteiger partial charge in [0, 0.05) is 18.3 Å². The summed E-state index contributed by atoms with van der Waals surface area (Å²) in [6.07, 6.45) is 12.3. The molecule has 1 aliphatic rings. The van der Waals surface area contributed by atoms with Crippen LogP contribution in [0.4, 0.5) is 5.69 Å². The number of anilines is 1. The monoisotopic (exact) mass is 313 g/mol. The van der Waals surface area contributed by atoms with Crippen LogP contribution < -0.4 is 5.32 Å². The predicted molar refractivity (Wildman–Crippen MR) is 93.5 cm³/mol. The second-order valence-electron chi connectivity index (χ2n) is 6.91. The molecule has 3 rings (SSSR count). The van der Waals surface area contributed by atoms with Gasteiger partial charge in [0.15, 0.2) is 0 Å². The van der Waals surface area contributed by atoms with Gasteiger partial charge in [-0.05, 0) is 50.7 Å². The van der Waals surface area contributed by atoms with Crippen molar-refractivity contribution in [1.29, 1.82) is 0 Å². The fraction of sp³-hybridized carbons (Fsp3) is 0.579. The Labute approximate surface area is 138 Å².